The molecule has 2 aliphatic heterocycles. The first kappa shape index (κ1) is 37.7. The van der Waals surface area contributed by atoms with E-state index in [-0.39, 0.29) is 53.8 Å². The third-order valence-corrected chi connectivity index (χ3v) is 9.38. The molecule has 3 rings (SSSR count). The number of benzene rings is 1. The second kappa shape index (κ2) is 16.9. The topological polar surface area (TPSA) is 148 Å². The van der Waals surface area contributed by atoms with E-state index in [4.69, 9.17) is 0 Å². The molecular weight excluding hydrogens is 600 g/mol. The lowest BCUT2D eigenvalue weighted by atomic mass is 9.96. The van der Waals surface area contributed by atoms with Crippen molar-refractivity contribution in [2.75, 3.05) is 27.2 Å². The van der Waals surface area contributed by atoms with E-state index in [1.54, 1.807) is 48.2 Å². The van der Waals surface area contributed by atoms with Crippen molar-refractivity contribution in [1.82, 2.24) is 30.7 Å². The summed E-state index contributed by atoms with van der Waals surface area (Å²) >= 11 is 0. The summed E-state index contributed by atoms with van der Waals surface area (Å²) in [5.74, 6) is -1.93. The summed E-state index contributed by atoms with van der Waals surface area (Å²) in [6, 6.07) is 3.41. The number of carbonyl (C=O) groups is 6. The van der Waals surface area contributed by atoms with E-state index in [1.165, 1.54) is 4.90 Å². The minimum absolute atomic E-state index is 0.0122. The summed E-state index contributed by atoms with van der Waals surface area (Å²) in [6.45, 7) is 12.4. The second-order valence-electron chi connectivity index (χ2n) is 13.8. The average Bonchev–Trinajstić information content (AvgIpc) is 3.73. The molecule has 2 fully saturated rings. The van der Waals surface area contributed by atoms with Crippen molar-refractivity contribution >= 4 is 35.8 Å². The Morgan fingerprint density at radius 2 is 1.43 bits per heavy atom. The van der Waals surface area contributed by atoms with Gasteiger partial charge < -0.3 is 30.7 Å². The Morgan fingerprint density at radius 3 is 1.96 bits per heavy atom. The maximum Gasteiger partial charge on any atom is 0.246 e. The molecule has 1 aromatic carbocycles. The van der Waals surface area contributed by atoms with Gasteiger partial charge in [0.25, 0.3) is 0 Å². The molecule has 2 aliphatic rings. The molecule has 0 saturated carbocycles. The van der Waals surface area contributed by atoms with E-state index < -0.39 is 30.2 Å². The molecule has 260 valence electrons. The van der Waals surface area contributed by atoms with Crippen molar-refractivity contribution in [1.29, 1.82) is 0 Å². The molecule has 12 heteroatoms. The SMILES string of the molecule is CN[C@H](C(=O)N[C@H](C(=O)N(C)[C@H](C(=O)N1CCC[C@H]1C(=O)N1CCC[C@H]1C(=O)NCc1ccc(C=O)cc1)C(C)C)C(C)C)C(C)C. The number of likely N-dealkylation sites (N-methyl/N-ethyl adjacent to an activating group) is 2. The van der Waals surface area contributed by atoms with E-state index >= 15 is 0 Å². The number of rotatable bonds is 14. The Kier molecular flexibility index (Phi) is 13.5. The predicted molar refractivity (Wildman–Crippen MR) is 179 cm³/mol. The lowest BCUT2D eigenvalue weighted by molar-refractivity contribution is -0.153. The Balaban J connectivity index is 1.73. The van der Waals surface area contributed by atoms with Gasteiger partial charge in [0.1, 0.15) is 30.5 Å². The number of amides is 5. The van der Waals surface area contributed by atoms with E-state index in [1.807, 2.05) is 41.5 Å². The van der Waals surface area contributed by atoms with Crippen molar-refractivity contribution in [3.8, 4) is 0 Å². The van der Waals surface area contributed by atoms with E-state index in [2.05, 4.69) is 16.0 Å². The number of carbonyl (C=O) groups excluding carboxylic acids is 6. The number of aldehydes is 1. The van der Waals surface area contributed by atoms with Gasteiger partial charge in [0.15, 0.2) is 0 Å². The molecule has 3 N–H and O–H groups in total. The fourth-order valence-electron chi connectivity index (χ4n) is 6.75. The largest absolute Gasteiger partial charge is 0.350 e. The summed E-state index contributed by atoms with van der Waals surface area (Å²) in [4.78, 5) is 83.9. The quantitative estimate of drug-likeness (QED) is 0.260. The van der Waals surface area contributed by atoms with E-state index in [0.717, 1.165) is 11.8 Å². The van der Waals surface area contributed by atoms with Crippen LogP contribution in [0.3, 0.4) is 0 Å². The molecule has 5 amide bonds. The van der Waals surface area contributed by atoms with Gasteiger partial charge in [-0.2, -0.15) is 0 Å². The summed E-state index contributed by atoms with van der Waals surface area (Å²) < 4.78 is 0. The number of nitrogens with zero attached hydrogens (tertiary/aromatic N) is 3. The molecule has 0 bridgehead atoms. The summed E-state index contributed by atoms with van der Waals surface area (Å²) in [5, 5.41) is 8.83. The minimum atomic E-state index is -0.845. The highest BCUT2D eigenvalue weighted by Crippen LogP contribution is 2.28. The standard InChI is InChI=1S/C35H54N6O6/c1-21(2)28(36-7)32(44)38-29(22(3)4)34(46)39(8)30(23(5)6)35(47)41-18-10-12-27(41)33(45)40-17-9-11-26(40)31(43)37-19-24-13-15-25(20-42)16-14-24/h13-16,20-23,26-30,36H,9-12,17-19H2,1-8H3,(H,37,43)(H,38,44)/t26-,27-,28-,29-,30-/m0/s1. The molecule has 0 spiro atoms. The van der Waals surface area contributed by atoms with Gasteiger partial charge in [-0.25, -0.2) is 0 Å². The molecule has 12 nitrogen and oxygen atoms in total. The highest BCUT2D eigenvalue weighted by Gasteiger charge is 2.45. The molecule has 47 heavy (non-hydrogen) atoms. The first-order chi connectivity index (χ1) is 22.2. The van der Waals surface area contributed by atoms with Gasteiger partial charge in [-0.15, -0.1) is 0 Å². The predicted octanol–water partition coefficient (Wildman–Crippen LogP) is 1.97. The molecule has 2 saturated heterocycles. The third kappa shape index (κ3) is 8.97. The van der Waals surface area contributed by atoms with Gasteiger partial charge in [-0.1, -0.05) is 65.8 Å². The summed E-state index contributed by atoms with van der Waals surface area (Å²) in [6.07, 6.45) is 3.08. The lowest BCUT2D eigenvalue weighted by Crippen LogP contribution is -2.61. The van der Waals surface area contributed by atoms with Crippen LogP contribution in [0.15, 0.2) is 24.3 Å². The van der Waals surface area contributed by atoms with Gasteiger partial charge in [-0.3, -0.25) is 28.8 Å². The van der Waals surface area contributed by atoms with Crippen LogP contribution in [0.25, 0.3) is 0 Å². The fourth-order valence-corrected chi connectivity index (χ4v) is 6.75. The first-order valence-corrected chi connectivity index (χ1v) is 16.9. The molecule has 0 radical (unpaired) electrons. The maximum absolute atomic E-state index is 14.2. The molecule has 2 heterocycles. The lowest BCUT2D eigenvalue weighted by Gasteiger charge is -2.38. The van der Waals surface area contributed by atoms with Crippen LogP contribution in [0.4, 0.5) is 0 Å². The number of nitrogens with one attached hydrogen (secondary N) is 3. The van der Waals surface area contributed by atoms with Crippen LogP contribution in [0.2, 0.25) is 0 Å². The van der Waals surface area contributed by atoms with Crippen molar-refractivity contribution in [2.45, 2.75) is 104 Å². The summed E-state index contributed by atoms with van der Waals surface area (Å²) in [7, 11) is 3.29. The van der Waals surface area contributed by atoms with Gasteiger partial charge in [0.05, 0.1) is 6.04 Å². The van der Waals surface area contributed by atoms with Crippen LogP contribution in [0, 0.1) is 17.8 Å². The average molecular weight is 655 g/mol. The molecule has 1 aromatic rings. The molecule has 0 aliphatic carbocycles. The van der Waals surface area contributed by atoms with Gasteiger partial charge in [0.2, 0.25) is 29.5 Å². The molecule has 0 aromatic heterocycles. The van der Waals surface area contributed by atoms with Gasteiger partial charge in [-0.05, 0) is 56.0 Å². The van der Waals surface area contributed by atoms with Crippen LogP contribution >= 0.6 is 0 Å². The molecule has 0 unspecified atom stereocenters. The summed E-state index contributed by atoms with van der Waals surface area (Å²) in [5.41, 5.74) is 1.39. The normalized spacial score (nSPS) is 19.9. The fraction of sp³-hybridized carbons (Fsp3) is 0.657. The zero-order chi connectivity index (χ0) is 35.0. The van der Waals surface area contributed by atoms with Crippen LogP contribution in [0.1, 0.15) is 83.1 Å². The second-order valence-corrected chi connectivity index (χ2v) is 13.8. The van der Waals surface area contributed by atoms with E-state index in [9.17, 15) is 28.8 Å². The highest BCUT2D eigenvalue weighted by atomic mass is 16.2. The molecule has 5 atom stereocenters. The van der Waals surface area contributed by atoms with Gasteiger partial charge >= 0.3 is 0 Å². The first-order valence-electron chi connectivity index (χ1n) is 16.9. The highest BCUT2D eigenvalue weighted by molar-refractivity contribution is 5.96. The molecular formula is C35H54N6O6. The van der Waals surface area contributed by atoms with Crippen LogP contribution in [-0.4, -0.2) is 108 Å². The van der Waals surface area contributed by atoms with Crippen LogP contribution < -0.4 is 16.0 Å². The Bertz CT molecular complexity index is 1280. The Morgan fingerprint density at radius 1 is 0.851 bits per heavy atom. The van der Waals surface area contributed by atoms with Crippen molar-refractivity contribution in [2.24, 2.45) is 17.8 Å². The maximum atomic E-state index is 14.2. The number of hydrogen-bond donors (Lipinski definition) is 3. The Labute approximate surface area is 279 Å². The van der Waals surface area contributed by atoms with Crippen molar-refractivity contribution < 1.29 is 28.8 Å². The van der Waals surface area contributed by atoms with Crippen LogP contribution in [0.5, 0.6) is 0 Å². The number of likely N-dealkylation sites (tertiary alicyclic amines) is 2. The van der Waals surface area contributed by atoms with Crippen LogP contribution in [-0.2, 0) is 30.5 Å². The van der Waals surface area contributed by atoms with E-state index in [0.29, 0.717) is 44.3 Å². The van der Waals surface area contributed by atoms with Crippen molar-refractivity contribution in [3.63, 3.8) is 0 Å². The Hall–Kier alpha value is -3.80. The van der Waals surface area contributed by atoms with Gasteiger partial charge in [0, 0.05) is 32.2 Å². The monoisotopic (exact) mass is 654 g/mol. The van der Waals surface area contributed by atoms with Crippen molar-refractivity contribution in [3.05, 3.63) is 35.4 Å². The zero-order valence-electron chi connectivity index (χ0n) is 29.2. The smallest absolute Gasteiger partial charge is 0.246 e. The minimum Gasteiger partial charge on any atom is -0.350 e. The third-order valence-electron chi connectivity index (χ3n) is 9.38. The number of hydrogen-bond acceptors (Lipinski definition) is 7. The zero-order valence-corrected chi connectivity index (χ0v) is 29.2.